The molecule has 0 aliphatic rings. The van der Waals surface area contributed by atoms with Crippen molar-refractivity contribution < 1.29 is 8.81 Å². The van der Waals surface area contributed by atoms with E-state index in [9.17, 15) is 4.39 Å². The third kappa shape index (κ3) is 3.04. The summed E-state index contributed by atoms with van der Waals surface area (Å²) < 4.78 is 18.4. The van der Waals surface area contributed by atoms with Gasteiger partial charge < -0.3 is 9.73 Å². The van der Waals surface area contributed by atoms with Crippen LogP contribution in [-0.2, 0) is 6.54 Å². The Labute approximate surface area is 99.8 Å². The Hall–Kier alpha value is -1.87. The molecule has 0 aliphatic carbocycles. The van der Waals surface area contributed by atoms with Crippen LogP contribution >= 0.6 is 0 Å². The number of nitrogens with one attached hydrogen (secondary N) is 1. The van der Waals surface area contributed by atoms with Crippen molar-refractivity contribution in [2.24, 2.45) is 0 Å². The van der Waals surface area contributed by atoms with Gasteiger partial charge in [-0.25, -0.2) is 4.39 Å². The van der Waals surface area contributed by atoms with Gasteiger partial charge in [0.25, 0.3) is 0 Å². The van der Waals surface area contributed by atoms with Gasteiger partial charge in [0.1, 0.15) is 17.3 Å². The number of hydrogen-bond donors (Lipinski definition) is 1. The smallest absolute Gasteiger partial charge is 0.134 e. The van der Waals surface area contributed by atoms with Crippen LogP contribution in [0.5, 0.6) is 0 Å². The summed E-state index contributed by atoms with van der Waals surface area (Å²) in [6.07, 6.45) is 1.80. The Balaban J connectivity index is 2.07. The summed E-state index contributed by atoms with van der Waals surface area (Å²) in [5.41, 5.74) is 0.876. The van der Waals surface area contributed by atoms with E-state index >= 15 is 0 Å². The van der Waals surface area contributed by atoms with Gasteiger partial charge in [0.15, 0.2) is 0 Å². The molecule has 0 saturated heterocycles. The molecular formula is C14H14FNO. The molecule has 3 heteroatoms. The minimum atomic E-state index is -0.242. The van der Waals surface area contributed by atoms with Gasteiger partial charge in [0, 0.05) is 12.1 Å². The second-order valence-electron chi connectivity index (χ2n) is 3.69. The lowest BCUT2D eigenvalue weighted by Gasteiger charge is -1.99. The van der Waals surface area contributed by atoms with E-state index < -0.39 is 0 Å². The maximum absolute atomic E-state index is 12.8. The average molecular weight is 231 g/mol. The lowest BCUT2D eigenvalue weighted by atomic mass is 10.2. The molecule has 2 nitrogen and oxygen atoms in total. The van der Waals surface area contributed by atoms with Crippen molar-refractivity contribution in [2.45, 2.75) is 6.54 Å². The zero-order valence-corrected chi connectivity index (χ0v) is 9.45. The molecule has 1 N–H and O–H groups in total. The highest BCUT2D eigenvalue weighted by Crippen LogP contribution is 2.22. The van der Waals surface area contributed by atoms with Crippen molar-refractivity contribution in [3.8, 4) is 11.3 Å². The highest BCUT2D eigenvalue weighted by Gasteiger charge is 2.04. The second-order valence-corrected chi connectivity index (χ2v) is 3.69. The lowest BCUT2D eigenvalue weighted by molar-refractivity contribution is 0.502. The fraction of sp³-hybridized carbons (Fsp3) is 0.143. The first-order valence-corrected chi connectivity index (χ1v) is 5.46. The summed E-state index contributed by atoms with van der Waals surface area (Å²) in [4.78, 5) is 0. The van der Waals surface area contributed by atoms with Crippen molar-refractivity contribution in [1.82, 2.24) is 5.32 Å². The zero-order chi connectivity index (χ0) is 12.1. The Morgan fingerprint density at radius 3 is 2.65 bits per heavy atom. The topological polar surface area (TPSA) is 25.2 Å². The van der Waals surface area contributed by atoms with E-state index in [2.05, 4.69) is 11.9 Å². The molecule has 0 fully saturated rings. The first-order valence-electron chi connectivity index (χ1n) is 5.46. The van der Waals surface area contributed by atoms with E-state index in [0.717, 1.165) is 23.6 Å². The Kier molecular flexibility index (Phi) is 3.73. The number of halogens is 1. The average Bonchev–Trinajstić information content (AvgIpc) is 2.79. The number of hydrogen-bond acceptors (Lipinski definition) is 2. The van der Waals surface area contributed by atoms with E-state index in [0.29, 0.717) is 6.54 Å². The standard InChI is InChI=1S/C14H14FNO/c1-2-9-16-10-13-7-8-14(17-13)11-3-5-12(15)6-4-11/h2-8,16H,1,9-10H2. The van der Waals surface area contributed by atoms with Gasteiger partial charge in [-0.2, -0.15) is 0 Å². The highest BCUT2D eigenvalue weighted by atomic mass is 19.1. The summed E-state index contributed by atoms with van der Waals surface area (Å²) >= 11 is 0. The van der Waals surface area contributed by atoms with Gasteiger partial charge >= 0.3 is 0 Å². The van der Waals surface area contributed by atoms with E-state index in [1.54, 1.807) is 18.2 Å². The van der Waals surface area contributed by atoms with E-state index in [-0.39, 0.29) is 5.82 Å². The summed E-state index contributed by atoms with van der Waals surface area (Å²) in [6.45, 7) is 5.03. The lowest BCUT2D eigenvalue weighted by Crippen LogP contribution is -2.11. The van der Waals surface area contributed by atoms with Gasteiger partial charge in [-0.15, -0.1) is 6.58 Å². The van der Waals surface area contributed by atoms with Crippen molar-refractivity contribution in [2.75, 3.05) is 6.54 Å². The van der Waals surface area contributed by atoms with E-state index in [1.165, 1.54) is 12.1 Å². The fourth-order valence-corrected chi connectivity index (χ4v) is 1.54. The predicted octanol–water partition coefficient (Wildman–Crippen LogP) is 3.36. The molecule has 2 rings (SSSR count). The zero-order valence-electron chi connectivity index (χ0n) is 9.45. The van der Waals surface area contributed by atoms with Crippen LogP contribution in [0.15, 0.2) is 53.5 Å². The van der Waals surface area contributed by atoms with Crippen molar-refractivity contribution in [1.29, 1.82) is 0 Å². The molecule has 0 radical (unpaired) electrons. The molecule has 0 bridgehead atoms. The van der Waals surface area contributed by atoms with Crippen molar-refractivity contribution in [3.05, 3.63) is 60.6 Å². The number of benzene rings is 1. The number of rotatable bonds is 5. The Bertz CT molecular complexity index is 487. The van der Waals surface area contributed by atoms with Crippen LogP contribution < -0.4 is 5.32 Å². The molecule has 0 saturated carbocycles. The third-order valence-electron chi connectivity index (χ3n) is 2.38. The molecule has 1 aromatic heterocycles. The van der Waals surface area contributed by atoms with Crippen LogP contribution in [0.4, 0.5) is 4.39 Å². The monoisotopic (exact) mass is 231 g/mol. The first-order chi connectivity index (χ1) is 8.29. The molecule has 1 aromatic carbocycles. The van der Waals surface area contributed by atoms with Crippen LogP contribution in [0.25, 0.3) is 11.3 Å². The van der Waals surface area contributed by atoms with Crippen LogP contribution in [0, 0.1) is 5.82 Å². The third-order valence-corrected chi connectivity index (χ3v) is 2.38. The highest BCUT2D eigenvalue weighted by molar-refractivity contribution is 5.57. The van der Waals surface area contributed by atoms with Gasteiger partial charge in [0.2, 0.25) is 0 Å². The van der Waals surface area contributed by atoms with Gasteiger partial charge in [0.05, 0.1) is 6.54 Å². The molecule has 2 aromatic rings. The van der Waals surface area contributed by atoms with E-state index in [4.69, 9.17) is 4.42 Å². The molecule has 0 unspecified atom stereocenters. The predicted molar refractivity (Wildman–Crippen MR) is 66.0 cm³/mol. The maximum Gasteiger partial charge on any atom is 0.134 e. The van der Waals surface area contributed by atoms with Crippen molar-refractivity contribution >= 4 is 0 Å². The largest absolute Gasteiger partial charge is 0.460 e. The van der Waals surface area contributed by atoms with Gasteiger partial charge in [-0.05, 0) is 36.4 Å². The van der Waals surface area contributed by atoms with Gasteiger partial charge in [-0.3, -0.25) is 0 Å². The van der Waals surface area contributed by atoms with E-state index in [1.807, 2.05) is 12.1 Å². The van der Waals surface area contributed by atoms with Crippen LogP contribution in [-0.4, -0.2) is 6.54 Å². The minimum Gasteiger partial charge on any atom is -0.460 e. The summed E-state index contributed by atoms with van der Waals surface area (Å²) in [5.74, 6) is 1.36. The number of furan rings is 1. The first kappa shape index (κ1) is 11.6. The molecule has 88 valence electrons. The second kappa shape index (κ2) is 5.46. The maximum atomic E-state index is 12.8. The summed E-state index contributed by atoms with van der Waals surface area (Å²) in [6, 6.07) is 10.1. The van der Waals surface area contributed by atoms with Crippen LogP contribution in [0.2, 0.25) is 0 Å². The molecule has 0 aliphatic heterocycles. The Morgan fingerprint density at radius 2 is 1.94 bits per heavy atom. The molecule has 0 atom stereocenters. The summed E-state index contributed by atoms with van der Waals surface area (Å²) in [7, 11) is 0. The molecule has 17 heavy (non-hydrogen) atoms. The van der Waals surface area contributed by atoms with Crippen LogP contribution in [0.3, 0.4) is 0 Å². The Morgan fingerprint density at radius 1 is 1.18 bits per heavy atom. The molecular weight excluding hydrogens is 217 g/mol. The summed E-state index contributed by atoms with van der Waals surface area (Å²) in [5, 5.41) is 3.15. The normalized spacial score (nSPS) is 10.4. The molecule has 0 amide bonds. The molecule has 0 spiro atoms. The SMILES string of the molecule is C=CCNCc1ccc(-c2ccc(F)cc2)o1. The minimum absolute atomic E-state index is 0.242. The van der Waals surface area contributed by atoms with Crippen LogP contribution in [0.1, 0.15) is 5.76 Å². The van der Waals surface area contributed by atoms with Gasteiger partial charge in [-0.1, -0.05) is 6.08 Å². The molecule has 1 heterocycles. The van der Waals surface area contributed by atoms with Crippen molar-refractivity contribution in [3.63, 3.8) is 0 Å². The fourth-order valence-electron chi connectivity index (χ4n) is 1.54. The quantitative estimate of drug-likeness (QED) is 0.630.